The second-order valence-corrected chi connectivity index (χ2v) is 11.1. The van der Waals surface area contributed by atoms with Crippen molar-refractivity contribution in [1.29, 1.82) is 0 Å². The van der Waals surface area contributed by atoms with Gasteiger partial charge < -0.3 is 15.7 Å². The van der Waals surface area contributed by atoms with E-state index in [0.29, 0.717) is 25.5 Å². The molecule has 1 atom stereocenters. The molecule has 0 radical (unpaired) electrons. The second-order valence-electron chi connectivity index (χ2n) is 11.1. The van der Waals surface area contributed by atoms with Gasteiger partial charge >= 0.3 is 0 Å². The van der Waals surface area contributed by atoms with Crippen molar-refractivity contribution in [3.63, 3.8) is 0 Å². The zero-order valence-corrected chi connectivity index (χ0v) is 23.6. The SMILES string of the molecule is Cc1c(Nc2nccc(-c3ccc4c(c3)CN(CCO)CCC4NC(=O)c3cn(C(C)(C)C)nn3)n2)cnn1C. The number of rotatable bonds is 7. The van der Waals surface area contributed by atoms with Crippen LogP contribution in [0.25, 0.3) is 11.3 Å². The van der Waals surface area contributed by atoms with Gasteiger partial charge in [0.1, 0.15) is 0 Å². The monoisotopic (exact) mass is 544 g/mol. The Hall–Kier alpha value is -4.16. The van der Waals surface area contributed by atoms with Crippen molar-refractivity contribution >= 4 is 17.5 Å². The minimum atomic E-state index is -0.269. The molecule has 4 heterocycles. The topological polar surface area (TPSA) is 139 Å². The van der Waals surface area contributed by atoms with E-state index in [1.807, 2.05) is 46.9 Å². The van der Waals surface area contributed by atoms with Gasteiger partial charge in [-0.05, 0) is 57.4 Å². The number of hydrogen-bond donors (Lipinski definition) is 3. The minimum absolute atomic E-state index is 0.0661. The minimum Gasteiger partial charge on any atom is -0.395 e. The number of benzene rings is 1. The number of anilines is 2. The Morgan fingerprint density at radius 2 is 2.05 bits per heavy atom. The van der Waals surface area contributed by atoms with E-state index in [-0.39, 0.29) is 29.8 Å². The number of β-amino-alcohol motifs (C(OH)–C–C–N with tert-alkyl or cyclic N) is 1. The summed E-state index contributed by atoms with van der Waals surface area (Å²) in [5, 5.41) is 28.6. The number of carbonyl (C=O) groups excluding carboxylic acids is 1. The van der Waals surface area contributed by atoms with Crippen LogP contribution >= 0.6 is 0 Å². The summed E-state index contributed by atoms with van der Waals surface area (Å²) in [6, 6.07) is 7.86. The zero-order valence-electron chi connectivity index (χ0n) is 23.6. The number of aryl methyl sites for hydroxylation is 1. The van der Waals surface area contributed by atoms with Crippen molar-refractivity contribution in [1.82, 2.24) is 45.0 Å². The van der Waals surface area contributed by atoms with Gasteiger partial charge in [0, 0.05) is 38.4 Å². The van der Waals surface area contributed by atoms with Gasteiger partial charge in [-0.15, -0.1) is 5.10 Å². The Morgan fingerprint density at radius 3 is 2.75 bits per heavy atom. The van der Waals surface area contributed by atoms with Gasteiger partial charge in [-0.3, -0.25) is 14.4 Å². The van der Waals surface area contributed by atoms with Crippen LogP contribution in [0.1, 0.15) is 60.5 Å². The Labute approximate surface area is 233 Å². The van der Waals surface area contributed by atoms with Crippen molar-refractivity contribution in [3.8, 4) is 11.3 Å². The van der Waals surface area contributed by atoms with E-state index < -0.39 is 0 Å². The molecule has 40 heavy (non-hydrogen) atoms. The molecule has 0 bridgehead atoms. The van der Waals surface area contributed by atoms with Gasteiger partial charge in [0.15, 0.2) is 5.69 Å². The van der Waals surface area contributed by atoms with Gasteiger partial charge in [-0.1, -0.05) is 17.3 Å². The van der Waals surface area contributed by atoms with E-state index >= 15 is 0 Å². The van der Waals surface area contributed by atoms with Gasteiger partial charge in [0.25, 0.3) is 5.91 Å². The molecule has 12 nitrogen and oxygen atoms in total. The van der Waals surface area contributed by atoms with Gasteiger partial charge in [0.2, 0.25) is 5.95 Å². The molecule has 1 unspecified atom stereocenters. The highest BCUT2D eigenvalue weighted by molar-refractivity contribution is 5.92. The molecule has 0 saturated carbocycles. The van der Waals surface area contributed by atoms with Crippen LogP contribution in [0.2, 0.25) is 0 Å². The zero-order chi connectivity index (χ0) is 28.4. The normalized spacial score (nSPS) is 15.9. The molecule has 0 fully saturated rings. The molecule has 3 aromatic heterocycles. The first-order valence-corrected chi connectivity index (χ1v) is 13.4. The fourth-order valence-corrected chi connectivity index (χ4v) is 4.76. The lowest BCUT2D eigenvalue weighted by molar-refractivity contribution is 0.0926. The summed E-state index contributed by atoms with van der Waals surface area (Å²) >= 11 is 0. The third kappa shape index (κ3) is 5.87. The maximum atomic E-state index is 13.2. The predicted molar refractivity (Wildman–Crippen MR) is 151 cm³/mol. The number of aliphatic hydroxyl groups excluding tert-OH is 1. The van der Waals surface area contributed by atoms with E-state index in [4.69, 9.17) is 4.98 Å². The van der Waals surface area contributed by atoms with Crippen LogP contribution in [0.4, 0.5) is 11.6 Å². The molecule has 1 aliphatic heterocycles. The highest BCUT2D eigenvalue weighted by Gasteiger charge is 2.26. The van der Waals surface area contributed by atoms with E-state index in [1.165, 1.54) is 0 Å². The number of aliphatic hydroxyl groups is 1. The molecular weight excluding hydrogens is 508 g/mol. The van der Waals surface area contributed by atoms with Crippen LogP contribution < -0.4 is 10.6 Å². The van der Waals surface area contributed by atoms with Crippen molar-refractivity contribution in [2.24, 2.45) is 7.05 Å². The summed E-state index contributed by atoms with van der Waals surface area (Å²) in [4.78, 5) is 24.5. The summed E-state index contributed by atoms with van der Waals surface area (Å²) in [6.07, 6.45) is 5.87. The summed E-state index contributed by atoms with van der Waals surface area (Å²) in [6.45, 7) is 10.0. The third-order valence-electron chi connectivity index (χ3n) is 7.21. The van der Waals surface area contributed by atoms with Crippen molar-refractivity contribution < 1.29 is 9.90 Å². The number of carbonyl (C=O) groups is 1. The van der Waals surface area contributed by atoms with Crippen LogP contribution in [0, 0.1) is 6.92 Å². The number of hydrogen-bond acceptors (Lipinski definition) is 9. The molecule has 1 aromatic carbocycles. The average Bonchev–Trinajstić information content (AvgIpc) is 3.50. The van der Waals surface area contributed by atoms with Crippen molar-refractivity contribution in [3.05, 3.63) is 65.4 Å². The molecule has 1 amide bonds. The standard InChI is InChI=1S/C28H36N10O2/c1-18-24(15-30-36(18)5)33-27-29-10-8-22(32-27)19-6-7-21-20(14-19)16-37(12-13-39)11-9-23(21)31-26(40)25-17-38(35-34-25)28(2,3)4/h6-8,10,14-15,17,23,39H,9,11-13,16H2,1-5H3,(H,31,40)(H,29,32,33). The van der Waals surface area contributed by atoms with Crippen LogP contribution in [0.15, 0.2) is 42.9 Å². The molecular formula is C28H36N10O2. The number of fused-ring (bicyclic) bond motifs is 1. The van der Waals surface area contributed by atoms with E-state index in [2.05, 4.69) is 48.1 Å². The summed E-state index contributed by atoms with van der Waals surface area (Å²) in [5.74, 6) is 0.224. The molecule has 210 valence electrons. The van der Waals surface area contributed by atoms with Crippen molar-refractivity contribution in [2.45, 2.75) is 52.2 Å². The van der Waals surface area contributed by atoms with Crippen LogP contribution in [0.5, 0.6) is 0 Å². The van der Waals surface area contributed by atoms with E-state index in [0.717, 1.165) is 40.3 Å². The maximum absolute atomic E-state index is 13.2. The third-order valence-corrected chi connectivity index (χ3v) is 7.21. The van der Waals surface area contributed by atoms with Crippen LogP contribution in [-0.2, 0) is 19.1 Å². The average molecular weight is 545 g/mol. The molecule has 1 aliphatic rings. The summed E-state index contributed by atoms with van der Waals surface area (Å²) in [5.41, 5.74) is 5.68. The number of nitrogens with one attached hydrogen (secondary N) is 2. The Kier molecular flexibility index (Phi) is 7.63. The quantitative estimate of drug-likeness (QED) is 0.320. The molecule has 0 aliphatic carbocycles. The Bertz CT molecular complexity index is 1500. The first-order chi connectivity index (χ1) is 19.1. The molecule has 5 rings (SSSR count). The number of nitrogens with zero attached hydrogens (tertiary/aromatic N) is 8. The van der Waals surface area contributed by atoms with Crippen LogP contribution in [-0.4, -0.2) is 70.4 Å². The molecule has 0 saturated heterocycles. The highest BCUT2D eigenvalue weighted by atomic mass is 16.3. The maximum Gasteiger partial charge on any atom is 0.273 e. The van der Waals surface area contributed by atoms with Crippen molar-refractivity contribution in [2.75, 3.05) is 25.0 Å². The van der Waals surface area contributed by atoms with Gasteiger partial charge in [-0.25, -0.2) is 14.6 Å². The lowest BCUT2D eigenvalue weighted by Crippen LogP contribution is -2.31. The Balaban J connectivity index is 1.42. The lowest BCUT2D eigenvalue weighted by Gasteiger charge is -2.19. The summed E-state index contributed by atoms with van der Waals surface area (Å²) in [7, 11) is 1.89. The Morgan fingerprint density at radius 1 is 1.23 bits per heavy atom. The second kappa shape index (κ2) is 11.1. The molecule has 3 N–H and O–H groups in total. The van der Waals surface area contributed by atoms with Crippen LogP contribution in [0.3, 0.4) is 0 Å². The number of amides is 1. The van der Waals surface area contributed by atoms with E-state index in [1.54, 1.807) is 28.0 Å². The number of aromatic nitrogens is 7. The fourth-order valence-electron chi connectivity index (χ4n) is 4.76. The first kappa shape index (κ1) is 27.4. The smallest absolute Gasteiger partial charge is 0.273 e. The highest BCUT2D eigenvalue weighted by Crippen LogP contribution is 2.31. The molecule has 12 heteroatoms. The van der Waals surface area contributed by atoms with Gasteiger partial charge in [-0.2, -0.15) is 5.10 Å². The first-order valence-electron chi connectivity index (χ1n) is 13.4. The van der Waals surface area contributed by atoms with E-state index in [9.17, 15) is 9.90 Å². The summed E-state index contributed by atoms with van der Waals surface area (Å²) < 4.78 is 3.48. The largest absolute Gasteiger partial charge is 0.395 e. The molecule has 0 spiro atoms. The lowest BCUT2D eigenvalue weighted by atomic mass is 9.96. The predicted octanol–water partition coefficient (Wildman–Crippen LogP) is 2.94. The van der Waals surface area contributed by atoms with Gasteiger partial charge in [0.05, 0.1) is 47.7 Å². The fraction of sp³-hybridized carbons (Fsp3) is 0.429. The molecule has 4 aromatic rings.